The fraction of sp³-hybridized carbons (Fsp3) is 0.174. The van der Waals surface area contributed by atoms with Gasteiger partial charge in [0.05, 0.1) is 18.5 Å². The molecule has 0 bridgehead atoms. The van der Waals surface area contributed by atoms with E-state index in [4.69, 9.17) is 10.5 Å². The summed E-state index contributed by atoms with van der Waals surface area (Å²) in [5.41, 5.74) is 6.86. The number of sulfonamides is 1. The molecule has 33 heavy (non-hydrogen) atoms. The second-order valence-electron chi connectivity index (χ2n) is 7.43. The van der Waals surface area contributed by atoms with Crippen molar-refractivity contribution in [1.82, 2.24) is 0 Å². The van der Waals surface area contributed by atoms with Gasteiger partial charge in [-0.05, 0) is 55.5 Å². The average Bonchev–Trinajstić information content (AvgIpc) is 2.75. The monoisotopic (exact) mass is 475 g/mol. The zero-order valence-electron chi connectivity index (χ0n) is 18.0. The van der Waals surface area contributed by atoms with E-state index in [1.165, 1.54) is 18.2 Å². The van der Waals surface area contributed by atoms with Crippen molar-refractivity contribution in [1.29, 1.82) is 0 Å². The number of primary amides is 1. The molecule has 0 aliphatic rings. The Labute approximate surface area is 190 Å². The lowest BCUT2D eigenvalue weighted by molar-refractivity contribution is -0.118. The Hall–Kier alpha value is -3.66. The first kappa shape index (κ1) is 24.0. The lowest BCUT2D eigenvalue weighted by Crippen LogP contribution is -2.47. The highest BCUT2D eigenvalue weighted by atomic mass is 32.2. The number of amides is 1. The van der Waals surface area contributed by atoms with Crippen LogP contribution < -0.4 is 20.1 Å². The maximum absolute atomic E-state index is 13.5. The van der Waals surface area contributed by atoms with Crippen LogP contribution in [0.25, 0.3) is 0 Å². The Bertz CT molecular complexity index is 1230. The molecule has 0 saturated heterocycles. The summed E-state index contributed by atoms with van der Waals surface area (Å²) in [5.74, 6) is -1.93. The third-order valence-electron chi connectivity index (χ3n) is 4.73. The van der Waals surface area contributed by atoms with E-state index in [1.807, 2.05) is 31.2 Å². The molecule has 0 aliphatic carbocycles. The minimum atomic E-state index is -3.82. The third kappa shape index (κ3) is 6.42. The highest BCUT2D eigenvalue weighted by Gasteiger charge is 2.26. The number of nitrogens with zero attached hydrogens (tertiary/aromatic N) is 1. The highest BCUT2D eigenvalue weighted by molar-refractivity contribution is 7.92. The quantitative estimate of drug-likeness (QED) is 0.490. The fourth-order valence-corrected chi connectivity index (χ4v) is 3.94. The summed E-state index contributed by atoms with van der Waals surface area (Å²) < 4.78 is 58.3. The highest BCUT2D eigenvalue weighted by Crippen LogP contribution is 2.26. The Balaban J connectivity index is 1.81. The van der Waals surface area contributed by atoms with E-state index >= 15 is 0 Å². The van der Waals surface area contributed by atoms with E-state index < -0.39 is 33.6 Å². The molecule has 1 atom stereocenters. The molecule has 0 aliphatic heterocycles. The molecule has 1 amide bonds. The molecule has 3 aromatic carbocycles. The van der Waals surface area contributed by atoms with Crippen LogP contribution in [0.3, 0.4) is 0 Å². The summed E-state index contributed by atoms with van der Waals surface area (Å²) in [6.07, 6.45) is 0.985. The molecule has 0 saturated carbocycles. The van der Waals surface area contributed by atoms with Gasteiger partial charge in [-0.2, -0.15) is 0 Å². The zero-order chi connectivity index (χ0) is 24.2. The number of nitrogens with one attached hydrogen (secondary N) is 1. The maximum Gasteiger partial charge on any atom is 0.241 e. The molecule has 3 rings (SSSR count). The number of carbonyl (C=O) groups is 1. The van der Waals surface area contributed by atoms with E-state index in [0.717, 1.165) is 28.3 Å². The first-order valence-corrected chi connectivity index (χ1v) is 11.7. The molecule has 0 unspecified atom stereocenters. The lowest BCUT2D eigenvalue weighted by Gasteiger charge is -2.27. The minimum Gasteiger partial charge on any atom is -0.457 e. The van der Waals surface area contributed by atoms with Crippen LogP contribution in [-0.4, -0.2) is 33.2 Å². The number of carbonyl (C=O) groups excluding carboxylic acids is 1. The molecule has 0 aromatic heterocycles. The first-order chi connectivity index (χ1) is 15.5. The normalized spacial score (nSPS) is 12.1. The number of rotatable bonds is 9. The van der Waals surface area contributed by atoms with Gasteiger partial charge < -0.3 is 15.8 Å². The molecular weight excluding hydrogens is 452 g/mol. The van der Waals surface area contributed by atoms with E-state index in [2.05, 4.69) is 5.32 Å². The topological polar surface area (TPSA) is 102 Å². The molecule has 0 fully saturated rings. The van der Waals surface area contributed by atoms with Gasteiger partial charge in [0.25, 0.3) is 0 Å². The van der Waals surface area contributed by atoms with Crippen LogP contribution in [0.4, 0.5) is 20.2 Å². The van der Waals surface area contributed by atoms with Crippen LogP contribution in [-0.2, 0) is 14.8 Å². The van der Waals surface area contributed by atoms with Crippen molar-refractivity contribution in [2.75, 3.05) is 22.4 Å². The summed E-state index contributed by atoms with van der Waals surface area (Å²) in [6.45, 7) is 1.59. The van der Waals surface area contributed by atoms with Gasteiger partial charge in [0, 0.05) is 11.8 Å². The number of benzene rings is 3. The molecule has 0 heterocycles. The largest absolute Gasteiger partial charge is 0.457 e. The van der Waals surface area contributed by atoms with Gasteiger partial charge >= 0.3 is 0 Å². The molecular formula is C23H23F2N3O4S. The Morgan fingerprint density at radius 3 is 2.09 bits per heavy atom. The van der Waals surface area contributed by atoms with Crippen LogP contribution in [0, 0.1) is 18.6 Å². The number of hydrogen-bond donors (Lipinski definition) is 2. The van der Waals surface area contributed by atoms with Gasteiger partial charge in [-0.15, -0.1) is 0 Å². The van der Waals surface area contributed by atoms with E-state index in [9.17, 15) is 22.0 Å². The van der Waals surface area contributed by atoms with Gasteiger partial charge in [-0.1, -0.05) is 17.7 Å². The van der Waals surface area contributed by atoms with Crippen molar-refractivity contribution < 1.29 is 26.7 Å². The predicted molar refractivity (Wildman–Crippen MR) is 123 cm³/mol. The predicted octanol–water partition coefficient (Wildman–Crippen LogP) is 3.80. The molecule has 3 N–H and O–H groups in total. The van der Waals surface area contributed by atoms with E-state index in [0.29, 0.717) is 11.5 Å². The molecule has 174 valence electrons. The Kier molecular flexibility index (Phi) is 7.17. The summed E-state index contributed by atoms with van der Waals surface area (Å²) in [4.78, 5) is 12.0. The van der Waals surface area contributed by atoms with Crippen LogP contribution in [0.5, 0.6) is 11.5 Å². The number of hydrogen-bond acceptors (Lipinski definition) is 5. The molecule has 0 spiro atoms. The summed E-state index contributed by atoms with van der Waals surface area (Å²) in [7, 11) is -3.82. The standard InChI is InChI=1S/C23H23F2N3O4S/c1-15-3-8-18(9-4-15)32-19-10-6-17(7-11-19)28(33(2,30)31)14-22(23(26)29)27-16-5-12-20(24)21(25)13-16/h3-13,22,27H,14H2,1-2H3,(H2,26,29)/t22-/m0/s1. The molecule has 0 radical (unpaired) electrons. The van der Waals surface area contributed by atoms with Gasteiger partial charge in [0.2, 0.25) is 15.9 Å². The number of anilines is 2. The van der Waals surface area contributed by atoms with E-state index in [1.54, 1.807) is 12.1 Å². The fourth-order valence-electron chi connectivity index (χ4n) is 3.01. The first-order valence-electron chi connectivity index (χ1n) is 9.86. The van der Waals surface area contributed by atoms with Crippen LogP contribution in [0.1, 0.15) is 5.56 Å². The van der Waals surface area contributed by atoms with Gasteiger partial charge in [-0.3, -0.25) is 9.10 Å². The van der Waals surface area contributed by atoms with Gasteiger partial charge in [0.15, 0.2) is 11.6 Å². The molecule has 3 aromatic rings. The Morgan fingerprint density at radius 1 is 1.00 bits per heavy atom. The Morgan fingerprint density at radius 2 is 1.58 bits per heavy atom. The number of nitrogens with two attached hydrogens (primary N) is 1. The van der Waals surface area contributed by atoms with Crippen molar-refractivity contribution in [3.8, 4) is 11.5 Å². The van der Waals surface area contributed by atoms with Crippen molar-refractivity contribution in [2.24, 2.45) is 5.73 Å². The summed E-state index contributed by atoms with van der Waals surface area (Å²) in [6, 6.07) is 15.4. The second kappa shape index (κ2) is 9.86. The smallest absolute Gasteiger partial charge is 0.241 e. The average molecular weight is 476 g/mol. The summed E-state index contributed by atoms with van der Waals surface area (Å²) in [5, 5.41) is 2.66. The third-order valence-corrected chi connectivity index (χ3v) is 5.89. The van der Waals surface area contributed by atoms with Crippen molar-refractivity contribution >= 4 is 27.3 Å². The second-order valence-corrected chi connectivity index (χ2v) is 9.34. The number of ether oxygens (including phenoxy) is 1. The van der Waals surface area contributed by atoms with Gasteiger partial charge in [0.1, 0.15) is 17.5 Å². The van der Waals surface area contributed by atoms with Crippen molar-refractivity contribution in [2.45, 2.75) is 13.0 Å². The molecule has 7 nitrogen and oxygen atoms in total. The molecule has 10 heteroatoms. The van der Waals surface area contributed by atoms with Crippen molar-refractivity contribution in [3.05, 3.63) is 83.9 Å². The van der Waals surface area contributed by atoms with Crippen LogP contribution in [0.15, 0.2) is 66.7 Å². The van der Waals surface area contributed by atoms with Gasteiger partial charge in [-0.25, -0.2) is 17.2 Å². The van der Waals surface area contributed by atoms with E-state index in [-0.39, 0.29) is 17.9 Å². The number of halogens is 2. The van der Waals surface area contributed by atoms with Crippen molar-refractivity contribution in [3.63, 3.8) is 0 Å². The maximum atomic E-state index is 13.5. The lowest BCUT2D eigenvalue weighted by atomic mass is 10.2. The summed E-state index contributed by atoms with van der Waals surface area (Å²) >= 11 is 0. The SMILES string of the molecule is Cc1ccc(Oc2ccc(N(C[C@H](Nc3ccc(F)c(F)c3)C(N)=O)S(C)(=O)=O)cc2)cc1. The van der Waals surface area contributed by atoms with Crippen LogP contribution in [0.2, 0.25) is 0 Å². The number of aryl methyl sites for hydroxylation is 1. The van der Waals surface area contributed by atoms with Crippen LogP contribution >= 0.6 is 0 Å². The zero-order valence-corrected chi connectivity index (χ0v) is 18.8. The minimum absolute atomic E-state index is 0.0768.